The summed E-state index contributed by atoms with van der Waals surface area (Å²) in [6.45, 7) is 3.71. The summed E-state index contributed by atoms with van der Waals surface area (Å²) >= 11 is 0. The highest BCUT2D eigenvalue weighted by Gasteiger charge is 2.23. The summed E-state index contributed by atoms with van der Waals surface area (Å²) in [6.07, 6.45) is -0.0443. The van der Waals surface area contributed by atoms with E-state index in [1.54, 1.807) is 0 Å². The lowest BCUT2D eigenvalue weighted by atomic mass is 10.1. The highest BCUT2D eigenvalue weighted by Crippen LogP contribution is 2.17. The van der Waals surface area contributed by atoms with Gasteiger partial charge < -0.3 is 10.1 Å². The molecule has 0 aliphatic heterocycles. The number of esters is 1. The molecule has 2 aromatic carbocycles. The van der Waals surface area contributed by atoms with Gasteiger partial charge in [-0.1, -0.05) is 42.0 Å². The second-order valence-electron chi connectivity index (χ2n) is 6.02. The quantitative estimate of drug-likeness (QED) is 0.782. The standard InChI is InChI=1S/C19H21NO5S/c1-13-8-10-15(11-9-13)12-20-18(21)14(2)25-19(22)16-6-4-5-7-17(16)26(3,23)24/h4-11,14H,12H2,1-3H3,(H,20,21)/t14-/m0/s1. The molecule has 0 aliphatic rings. The van der Waals surface area contributed by atoms with Crippen molar-refractivity contribution < 1.29 is 22.7 Å². The number of ether oxygens (including phenoxy) is 1. The zero-order chi connectivity index (χ0) is 19.3. The third kappa shape index (κ3) is 5.16. The van der Waals surface area contributed by atoms with Crippen molar-refractivity contribution in [2.24, 2.45) is 0 Å². The maximum atomic E-state index is 12.3. The zero-order valence-corrected chi connectivity index (χ0v) is 15.7. The van der Waals surface area contributed by atoms with E-state index in [-0.39, 0.29) is 10.5 Å². The van der Waals surface area contributed by atoms with Gasteiger partial charge in [-0.2, -0.15) is 0 Å². The number of nitrogens with one attached hydrogen (secondary N) is 1. The van der Waals surface area contributed by atoms with Gasteiger partial charge in [-0.3, -0.25) is 4.79 Å². The lowest BCUT2D eigenvalue weighted by Crippen LogP contribution is -2.35. The van der Waals surface area contributed by atoms with Crippen molar-refractivity contribution in [1.82, 2.24) is 5.32 Å². The molecule has 26 heavy (non-hydrogen) atoms. The van der Waals surface area contributed by atoms with Crippen LogP contribution in [0.1, 0.15) is 28.4 Å². The van der Waals surface area contributed by atoms with Crippen LogP contribution in [0.3, 0.4) is 0 Å². The summed E-state index contributed by atoms with van der Waals surface area (Å²) in [5, 5.41) is 2.69. The first kappa shape index (κ1) is 19.7. The van der Waals surface area contributed by atoms with Gasteiger partial charge in [0.25, 0.3) is 5.91 Å². The minimum Gasteiger partial charge on any atom is -0.449 e. The number of hydrogen-bond acceptors (Lipinski definition) is 5. The minimum absolute atomic E-state index is 0.0896. The molecule has 0 bridgehead atoms. The number of rotatable bonds is 6. The van der Waals surface area contributed by atoms with Crippen LogP contribution in [-0.4, -0.2) is 32.7 Å². The van der Waals surface area contributed by atoms with Crippen molar-refractivity contribution in [3.63, 3.8) is 0 Å². The topological polar surface area (TPSA) is 89.5 Å². The molecule has 0 aliphatic carbocycles. The van der Waals surface area contributed by atoms with Gasteiger partial charge in [0, 0.05) is 12.8 Å². The van der Waals surface area contributed by atoms with Crippen LogP contribution < -0.4 is 5.32 Å². The first-order valence-electron chi connectivity index (χ1n) is 8.02. The Balaban J connectivity index is 2.00. The van der Waals surface area contributed by atoms with Gasteiger partial charge in [0.1, 0.15) is 0 Å². The lowest BCUT2D eigenvalue weighted by molar-refractivity contribution is -0.129. The van der Waals surface area contributed by atoms with Crippen LogP contribution in [0, 0.1) is 6.92 Å². The number of aryl methyl sites for hydroxylation is 1. The summed E-state index contributed by atoms with van der Waals surface area (Å²) in [7, 11) is -3.59. The van der Waals surface area contributed by atoms with Crippen molar-refractivity contribution >= 4 is 21.7 Å². The molecule has 0 spiro atoms. The van der Waals surface area contributed by atoms with Crippen LogP contribution in [0.25, 0.3) is 0 Å². The van der Waals surface area contributed by atoms with Crippen molar-refractivity contribution in [3.05, 3.63) is 65.2 Å². The van der Waals surface area contributed by atoms with E-state index in [2.05, 4.69) is 5.32 Å². The number of amides is 1. The molecular formula is C19H21NO5S. The predicted octanol–water partition coefficient (Wildman–Crippen LogP) is 2.26. The third-order valence-corrected chi connectivity index (χ3v) is 4.90. The Labute approximate surface area is 153 Å². The average molecular weight is 375 g/mol. The molecule has 2 aromatic rings. The van der Waals surface area contributed by atoms with Gasteiger partial charge in [0.15, 0.2) is 15.9 Å². The van der Waals surface area contributed by atoms with Crippen LogP contribution in [0.5, 0.6) is 0 Å². The van der Waals surface area contributed by atoms with E-state index >= 15 is 0 Å². The molecule has 0 heterocycles. The van der Waals surface area contributed by atoms with Crippen LogP contribution in [0.2, 0.25) is 0 Å². The second-order valence-corrected chi connectivity index (χ2v) is 8.00. The molecule has 0 unspecified atom stereocenters. The number of carbonyl (C=O) groups is 2. The molecule has 6 nitrogen and oxygen atoms in total. The molecule has 1 N–H and O–H groups in total. The Morgan fingerprint density at radius 3 is 2.31 bits per heavy atom. The van der Waals surface area contributed by atoms with E-state index in [4.69, 9.17) is 4.74 Å². The van der Waals surface area contributed by atoms with Crippen molar-refractivity contribution in [2.45, 2.75) is 31.4 Å². The van der Waals surface area contributed by atoms with Crippen LogP contribution >= 0.6 is 0 Å². The summed E-state index contributed by atoms with van der Waals surface area (Å²) in [6, 6.07) is 13.4. The normalized spacial score (nSPS) is 12.3. The molecule has 0 fully saturated rings. The molecule has 0 saturated heterocycles. The van der Waals surface area contributed by atoms with Crippen molar-refractivity contribution in [1.29, 1.82) is 0 Å². The van der Waals surface area contributed by atoms with Crippen LogP contribution in [-0.2, 0) is 25.9 Å². The van der Waals surface area contributed by atoms with Gasteiger partial charge in [-0.15, -0.1) is 0 Å². The maximum absolute atomic E-state index is 12.3. The van der Waals surface area contributed by atoms with E-state index in [0.29, 0.717) is 6.54 Å². The molecular weight excluding hydrogens is 354 g/mol. The zero-order valence-electron chi connectivity index (χ0n) is 14.9. The summed E-state index contributed by atoms with van der Waals surface area (Å²) in [5.74, 6) is -1.32. The fourth-order valence-electron chi connectivity index (χ4n) is 2.28. The smallest absolute Gasteiger partial charge is 0.340 e. The Hall–Kier alpha value is -2.67. The van der Waals surface area contributed by atoms with E-state index in [1.165, 1.54) is 31.2 Å². The monoisotopic (exact) mass is 375 g/mol. The van der Waals surface area contributed by atoms with E-state index in [0.717, 1.165) is 17.4 Å². The molecule has 0 radical (unpaired) electrons. The number of hydrogen-bond donors (Lipinski definition) is 1. The molecule has 2 rings (SSSR count). The van der Waals surface area contributed by atoms with Gasteiger partial charge >= 0.3 is 5.97 Å². The van der Waals surface area contributed by atoms with Gasteiger partial charge in [-0.05, 0) is 31.5 Å². The highest BCUT2D eigenvalue weighted by molar-refractivity contribution is 7.90. The summed E-state index contributed by atoms with van der Waals surface area (Å²) in [5.41, 5.74) is 1.95. The molecule has 7 heteroatoms. The van der Waals surface area contributed by atoms with Gasteiger partial charge in [-0.25, -0.2) is 13.2 Å². The highest BCUT2D eigenvalue weighted by atomic mass is 32.2. The van der Waals surface area contributed by atoms with Crippen LogP contribution in [0.15, 0.2) is 53.4 Å². The fourth-order valence-corrected chi connectivity index (χ4v) is 3.15. The van der Waals surface area contributed by atoms with Crippen molar-refractivity contribution in [2.75, 3.05) is 6.26 Å². The second kappa shape index (κ2) is 8.14. The molecule has 0 aromatic heterocycles. The lowest BCUT2D eigenvalue weighted by Gasteiger charge is -2.15. The Morgan fingerprint density at radius 1 is 1.08 bits per heavy atom. The van der Waals surface area contributed by atoms with E-state index in [9.17, 15) is 18.0 Å². The minimum atomic E-state index is -3.59. The molecule has 1 atom stereocenters. The summed E-state index contributed by atoms with van der Waals surface area (Å²) < 4.78 is 28.7. The largest absolute Gasteiger partial charge is 0.449 e. The van der Waals surface area contributed by atoms with E-state index in [1.807, 2.05) is 31.2 Å². The van der Waals surface area contributed by atoms with Gasteiger partial charge in [0.2, 0.25) is 0 Å². The Morgan fingerprint density at radius 2 is 1.69 bits per heavy atom. The fraction of sp³-hybridized carbons (Fsp3) is 0.263. The summed E-state index contributed by atoms with van der Waals surface area (Å²) in [4.78, 5) is 24.3. The molecule has 138 valence electrons. The van der Waals surface area contributed by atoms with E-state index < -0.39 is 27.8 Å². The number of benzene rings is 2. The SMILES string of the molecule is Cc1ccc(CNC(=O)[C@H](C)OC(=O)c2ccccc2S(C)(=O)=O)cc1. The third-order valence-electron chi connectivity index (χ3n) is 3.75. The van der Waals surface area contributed by atoms with Crippen LogP contribution in [0.4, 0.5) is 0 Å². The Kier molecular flexibility index (Phi) is 6.15. The number of sulfone groups is 1. The molecule has 0 saturated carbocycles. The molecule has 1 amide bonds. The van der Waals surface area contributed by atoms with Gasteiger partial charge in [0.05, 0.1) is 10.5 Å². The van der Waals surface area contributed by atoms with Crippen molar-refractivity contribution in [3.8, 4) is 0 Å². The Bertz CT molecular complexity index is 904. The first-order chi connectivity index (χ1) is 12.2. The number of carbonyl (C=O) groups excluding carboxylic acids is 2. The average Bonchev–Trinajstić information content (AvgIpc) is 2.60. The predicted molar refractivity (Wildman–Crippen MR) is 97.5 cm³/mol. The maximum Gasteiger partial charge on any atom is 0.340 e. The first-order valence-corrected chi connectivity index (χ1v) is 9.91.